The quantitative estimate of drug-likeness (QED) is 0.573. The lowest BCUT2D eigenvalue weighted by molar-refractivity contribution is 0.0147. The van der Waals surface area contributed by atoms with Gasteiger partial charge in [0.1, 0.15) is 5.60 Å². The van der Waals surface area contributed by atoms with E-state index in [4.69, 9.17) is 9.47 Å². The van der Waals surface area contributed by atoms with Gasteiger partial charge in [0.15, 0.2) is 5.96 Å². The van der Waals surface area contributed by atoms with Gasteiger partial charge in [0.05, 0.1) is 6.61 Å². The van der Waals surface area contributed by atoms with Crippen molar-refractivity contribution in [3.63, 3.8) is 0 Å². The summed E-state index contributed by atoms with van der Waals surface area (Å²) in [5, 5.41) is 3.52. The van der Waals surface area contributed by atoms with E-state index in [2.05, 4.69) is 20.1 Å². The normalized spacial score (nSPS) is 26.9. The second-order valence-corrected chi connectivity index (χ2v) is 9.26. The van der Waals surface area contributed by atoms with Crippen LogP contribution in [0, 0.1) is 5.41 Å². The second kappa shape index (κ2) is 8.86. The first-order valence-electron chi connectivity index (χ1n) is 10.5. The van der Waals surface area contributed by atoms with Gasteiger partial charge in [-0.3, -0.25) is 9.89 Å². The van der Waals surface area contributed by atoms with Crippen LogP contribution in [0.3, 0.4) is 0 Å². The van der Waals surface area contributed by atoms with Crippen LogP contribution in [0.25, 0.3) is 0 Å². The Bertz CT molecular complexity index is 561. The SMILES string of the molecule is CN=C(NCCN1CCN(C(=O)OC(C)(C)C)CC1)N1CCC2(CCOC2)C1. The molecule has 3 rings (SSSR count). The molecule has 1 N–H and O–H groups in total. The summed E-state index contributed by atoms with van der Waals surface area (Å²) >= 11 is 0. The van der Waals surface area contributed by atoms with Gasteiger partial charge in [-0.05, 0) is 33.6 Å². The van der Waals surface area contributed by atoms with Gasteiger partial charge in [0.2, 0.25) is 0 Å². The number of nitrogens with one attached hydrogen (secondary N) is 1. The first-order chi connectivity index (χ1) is 13.3. The number of ether oxygens (including phenoxy) is 2. The first-order valence-corrected chi connectivity index (χ1v) is 10.5. The van der Waals surface area contributed by atoms with E-state index in [9.17, 15) is 4.79 Å². The van der Waals surface area contributed by atoms with Crippen LogP contribution in [0.2, 0.25) is 0 Å². The van der Waals surface area contributed by atoms with Crippen molar-refractivity contribution in [2.75, 3.05) is 72.6 Å². The summed E-state index contributed by atoms with van der Waals surface area (Å²) in [6, 6.07) is 0. The maximum Gasteiger partial charge on any atom is 0.410 e. The minimum atomic E-state index is -0.438. The highest BCUT2D eigenvalue weighted by Crippen LogP contribution is 2.38. The minimum Gasteiger partial charge on any atom is -0.444 e. The number of rotatable bonds is 3. The van der Waals surface area contributed by atoms with Crippen molar-refractivity contribution in [1.82, 2.24) is 20.0 Å². The molecule has 1 atom stereocenters. The van der Waals surface area contributed by atoms with Gasteiger partial charge in [0, 0.05) is 71.4 Å². The van der Waals surface area contributed by atoms with Crippen LogP contribution < -0.4 is 5.32 Å². The molecular formula is C20H37N5O3. The van der Waals surface area contributed by atoms with Gasteiger partial charge in [-0.15, -0.1) is 0 Å². The molecule has 1 unspecified atom stereocenters. The number of nitrogens with zero attached hydrogens (tertiary/aromatic N) is 4. The standard InChI is InChI=1S/C20H37N5O3/c1-19(2,3)28-18(26)24-12-10-23(11-13-24)9-7-22-17(21-4)25-8-5-20(15-25)6-14-27-16-20/h5-16H2,1-4H3,(H,21,22). The minimum absolute atomic E-state index is 0.204. The molecule has 28 heavy (non-hydrogen) atoms. The molecule has 0 aromatic heterocycles. The molecule has 0 radical (unpaired) electrons. The largest absolute Gasteiger partial charge is 0.444 e. The number of carbonyl (C=O) groups excluding carboxylic acids is 1. The maximum absolute atomic E-state index is 12.2. The third-order valence-corrected chi connectivity index (χ3v) is 5.87. The Morgan fingerprint density at radius 2 is 1.89 bits per heavy atom. The van der Waals surface area contributed by atoms with E-state index in [1.807, 2.05) is 32.7 Å². The fourth-order valence-corrected chi connectivity index (χ4v) is 4.23. The summed E-state index contributed by atoms with van der Waals surface area (Å²) in [5.41, 5.74) is -0.0948. The maximum atomic E-state index is 12.2. The second-order valence-electron chi connectivity index (χ2n) is 9.26. The number of likely N-dealkylation sites (tertiary alicyclic amines) is 1. The molecule has 3 aliphatic rings. The van der Waals surface area contributed by atoms with E-state index in [0.717, 1.165) is 71.5 Å². The zero-order chi connectivity index (χ0) is 20.2. The fraction of sp³-hybridized carbons (Fsp3) is 0.900. The van der Waals surface area contributed by atoms with E-state index in [-0.39, 0.29) is 6.09 Å². The summed E-state index contributed by atoms with van der Waals surface area (Å²) in [6.45, 7) is 14.6. The average molecular weight is 396 g/mol. The predicted molar refractivity (Wildman–Crippen MR) is 110 cm³/mol. The summed E-state index contributed by atoms with van der Waals surface area (Å²) in [7, 11) is 1.86. The molecule has 1 spiro atoms. The molecule has 0 saturated carbocycles. The Kier molecular flexibility index (Phi) is 6.70. The van der Waals surface area contributed by atoms with Crippen molar-refractivity contribution < 1.29 is 14.3 Å². The molecule has 8 nitrogen and oxygen atoms in total. The van der Waals surface area contributed by atoms with E-state index >= 15 is 0 Å². The van der Waals surface area contributed by atoms with Gasteiger partial charge in [-0.2, -0.15) is 0 Å². The number of carbonyl (C=O) groups is 1. The third-order valence-electron chi connectivity index (χ3n) is 5.87. The van der Waals surface area contributed by atoms with Crippen molar-refractivity contribution in [1.29, 1.82) is 0 Å². The zero-order valence-electron chi connectivity index (χ0n) is 18.0. The highest BCUT2D eigenvalue weighted by Gasteiger charge is 2.42. The van der Waals surface area contributed by atoms with Crippen molar-refractivity contribution in [2.45, 2.75) is 39.2 Å². The van der Waals surface area contributed by atoms with Gasteiger partial charge in [-0.1, -0.05) is 0 Å². The van der Waals surface area contributed by atoms with Crippen LogP contribution in [0.4, 0.5) is 4.79 Å². The van der Waals surface area contributed by atoms with E-state index in [1.165, 1.54) is 12.8 Å². The molecule has 3 heterocycles. The smallest absolute Gasteiger partial charge is 0.410 e. The van der Waals surface area contributed by atoms with Crippen LogP contribution in [-0.4, -0.2) is 105 Å². The molecule has 0 bridgehead atoms. The highest BCUT2D eigenvalue weighted by molar-refractivity contribution is 5.80. The first kappa shape index (κ1) is 21.2. The Balaban J connectivity index is 1.36. The monoisotopic (exact) mass is 395 g/mol. The molecule has 0 aromatic carbocycles. The van der Waals surface area contributed by atoms with Crippen LogP contribution in [0.1, 0.15) is 33.6 Å². The van der Waals surface area contributed by atoms with Gasteiger partial charge in [0.25, 0.3) is 0 Å². The van der Waals surface area contributed by atoms with E-state index in [1.54, 1.807) is 0 Å². The summed E-state index contributed by atoms with van der Waals surface area (Å²) in [4.78, 5) is 23.2. The van der Waals surface area contributed by atoms with Crippen molar-refractivity contribution in [2.24, 2.45) is 10.4 Å². The Morgan fingerprint density at radius 1 is 1.14 bits per heavy atom. The lowest BCUT2D eigenvalue weighted by Crippen LogP contribution is -2.52. The van der Waals surface area contributed by atoms with Gasteiger partial charge < -0.3 is 24.6 Å². The molecule has 1 amide bonds. The van der Waals surface area contributed by atoms with Gasteiger partial charge in [-0.25, -0.2) is 4.79 Å². The topological polar surface area (TPSA) is 69.6 Å². The van der Waals surface area contributed by atoms with Crippen LogP contribution in [-0.2, 0) is 9.47 Å². The Labute approximate surface area is 169 Å². The van der Waals surface area contributed by atoms with Crippen LogP contribution >= 0.6 is 0 Å². The summed E-state index contributed by atoms with van der Waals surface area (Å²) in [5.74, 6) is 0.996. The number of hydrogen-bond acceptors (Lipinski definition) is 5. The number of aliphatic imine (C=N–C) groups is 1. The molecule has 0 aromatic rings. The molecule has 0 aliphatic carbocycles. The van der Waals surface area contributed by atoms with Crippen LogP contribution in [0.5, 0.6) is 0 Å². The van der Waals surface area contributed by atoms with Crippen molar-refractivity contribution in [3.8, 4) is 0 Å². The Hall–Kier alpha value is -1.54. The lowest BCUT2D eigenvalue weighted by Gasteiger charge is -2.35. The predicted octanol–water partition coefficient (Wildman–Crippen LogP) is 1.23. The third kappa shape index (κ3) is 5.50. The van der Waals surface area contributed by atoms with E-state index < -0.39 is 5.60 Å². The molecule has 3 aliphatic heterocycles. The molecule has 160 valence electrons. The molecule has 8 heteroatoms. The zero-order valence-corrected chi connectivity index (χ0v) is 18.0. The van der Waals surface area contributed by atoms with E-state index in [0.29, 0.717) is 5.41 Å². The average Bonchev–Trinajstić information content (AvgIpc) is 3.28. The summed E-state index contributed by atoms with van der Waals surface area (Å²) in [6.07, 6.45) is 2.16. The fourth-order valence-electron chi connectivity index (χ4n) is 4.23. The number of amides is 1. The molecule has 3 saturated heterocycles. The molecule has 3 fully saturated rings. The van der Waals surface area contributed by atoms with Crippen LogP contribution in [0.15, 0.2) is 4.99 Å². The number of guanidine groups is 1. The lowest BCUT2D eigenvalue weighted by atomic mass is 9.87. The van der Waals surface area contributed by atoms with Gasteiger partial charge >= 0.3 is 6.09 Å². The molecular weight excluding hydrogens is 358 g/mol. The van der Waals surface area contributed by atoms with Crippen molar-refractivity contribution in [3.05, 3.63) is 0 Å². The summed E-state index contributed by atoms with van der Waals surface area (Å²) < 4.78 is 11.1. The van der Waals surface area contributed by atoms with Crippen molar-refractivity contribution >= 4 is 12.1 Å². The number of piperazine rings is 1. The highest BCUT2D eigenvalue weighted by atomic mass is 16.6. The Morgan fingerprint density at radius 3 is 2.50 bits per heavy atom. The number of hydrogen-bond donors (Lipinski definition) is 1.